The molecule has 3 heterocycles. The van der Waals surface area contributed by atoms with Gasteiger partial charge in [0.2, 0.25) is 10.0 Å². The zero-order valence-corrected chi connectivity index (χ0v) is 16.4. The summed E-state index contributed by atoms with van der Waals surface area (Å²) in [6.45, 7) is 1.50. The highest BCUT2D eigenvalue weighted by molar-refractivity contribution is 7.89. The van der Waals surface area contributed by atoms with Crippen molar-refractivity contribution in [3.8, 4) is 0 Å². The molecule has 1 fully saturated rings. The van der Waals surface area contributed by atoms with Crippen molar-refractivity contribution in [3.63, 3.8) is 0 Å². The molecular formula is C19H21N3O3S2. The molecular weight excluding hydrogens is 382 g/mol. The van der Waals surface area contributed by atoms with E-state index < -0.39 is 10.0 Å². The Morgan fingerprint density at radius 2 is 1.96 bits per heavy atom. The summed E-state index contributed by atoms with van der Waals surface area (Å²) in [7, 11) is -3.59. The number of nitrogens with one attached hydrogen (secondary N) is 2. The lowest BCUT2D eigenvalue weighted by atomic mass is 10.1. The monoisotopic (exact) mass is 403 g/mol. The van der Waals surface area contributed by atoms with Crippen molar-refractivity contribution >= 4 is 38.2 Å². The molecule has 0 spiro atoms. The Hall–Kier alpha value is -2.16. The zero-order valence-electron chi connectivity index (χ0n) is 14.8. The summed E-state index contributed by atoms with van der Waals surface area (Å²) in [6, 6.07) is 9.55. The molecule has 2 N–H and O–H groups in total. The van der Waals surface area contributed by atoms with E-state index in [-0.39, 0.29) is 15.7 Å². The molecule has 1 saturated heterocycles. The van der Waals surface area contributed by atoms with Gasteiger partial charge in [0.15, 0.2) is 0 Å². The molecule has 6 nitrogen and oxygen atoms in total. The quantitative estimate of drug-likeness (QED) is 0.664. The van der Waals surface area contributed by atoms with Crippen LogP contribution in [0.2, 0.25) is 0 Å². The van der Waals surface area contributed by atoms with E-state index >= 15 is 0 Å². The normalized spacial score (nSPS) is 15.4. The number of amides is 1. The van der Waals surface area contributed by atoms with Crippen molar-refractivity contribution in [1.29, 1.82) is 0 Å². The molecule has 0 saturated carbocycles. The van der Waals surface area contributed by atoms with Gasteiger partial charge in [0, 0.05) is 36.7 Å². The first kappa shape index (κ1) is 18.2. The standard InChI is InChI=1S/C19H21N3O3S2/c23-19(20-9-7-14-13-21-16-6-2-1-5-15(14)16)18-17(8-12-26-18)27(24,25)22-10-3-4-11-22/h1-2,5-6,8,12-13,21H,3-4,7,9-11H2,(H,20,23). The molecule has 27 heavy (non-hydrogen) atoms. The van der Waals surface area contributed by atoms with Crippen molar-refractivity contribution in [2.75, 3.05) is 19.6 Å². The van der Waals surface area contributed by atoms with Gasteiger partial charge in [-0.05, 0) is 42.3 Å². The third-order valence-corrected chi connectivity index (χ3v) is 7.86. The summed E-state index contributed by atoms with van der Waals surface area (Å²) in [5.74, 6) is -0.331. The SMILES string of the molecule is O=C(NCCc1c[nH]c2ccccc12)c1sccc1S(=O)(=O)N1CCCC1. The lowest BCUT2D eigenvalue weighted by Gasteiger charge is -2.15. The van der Waals surface area contributed by atoms with Gasteiger partial charge >= 0.3 is 0 Å². The number of sulfonamides is 1. The van der Waals surface area contributed by atoms with Gasteiger partial charge in [0.25, 0.3) is 5.91 Å². The minimum atomic E-state index is -3.59. The first-order chi connectivity index (χ1) is 13.1. The van der Waals surface area contributed by atoms with Crippen molar-refractivity contribution in [2.24, 2.45) is 0 Å². The molecule has 0 unspecified atom stereocenters. The average Bonchev–Trinajstić information content (AvgIpc) is 3.42. The van der Waals surface area contributed by atoms with E-state index in [0.29, 0.717) is 26.1 Å². The van der Waals surface area contributed by atoms with Gasteiger partial charge in [-0.1, -0.05) is 18.2 Å². The number of hydrogen-bond acceptors (Lipinski definition) is 4. The second kappa shape index (κ2) is 7.46. The van der Waals surface area contributed by atoms with Crippen molar-refractivity contribution in [2.45, 2.75) is 24.2 Å². The van der Waals surface area contributed by atoms with Gasteiger partial charge in [0.1, 0.15) is 9.77 Å². The zero-order chi connectivity index (χ0) is 18.9. The van der Waals surface area contributed by atoms with Crippen LogP contribution in [-0.4, -0.2) is 43.2 Å². The molecule has 0 atom stereocenters. The van der Waals surface area contributed by atoms with Gasteiger partial charge in [-0.25, -0.2) is 8.42 Å². The number of thiophene rings is 1. The number of nitrogens with zero attached hydrogens (tertiary/aromatic N) is 1. The predicted molar refractivity (Wildman–Crippen MR) is 107 cm³/mol. The van der Waals surface area contributed by atoms with Crippen LogP contribution < -0.4 is 5.32 Å². The fourth-order valence-corrected chi connectivity index (χ4v) is 6.30. The topological polar surface area (TPSA) is 82.3 Å². The van der Waals surface area contributed by atoms with E-state index in [0.717, 1.165) is 29.3 Å². The summed E-state index contributed by atoms with van der Waals surface area (Å²) in [5, 5.41) is 5.67. The summed E-state index contributed by atoms with van der Waals surface area (Å²) in [4.78, 5) is 16.2. The van der Waals surface area contributed by atoms with Crippen LogP contribution in [0.3, 0.4) is 0 Å². The van der Waals surface area contributed by atoms with Gasteiger partial charge in [-0.15, -0.1) is 11.3 Å². The van der Waals surface area contributed by atoms with Gasteiger partial charge in [-0.2, -0.15) is 4.31 Å². The number of benzene rings is 1. The van der Waals surface area contributed by atoms with E-state index in [4.69, 9.17) is 0 Å². The van der Waals surface area contributed by atoms with E-state index in [1.54, 1.807) is 5.38 Å². The largest absolute Gasteiger partial charge is 0.361 e. The minimum absolute atomic E-state index is 0.124. The maximum Gasteiger partial charge on any atom is 0.262 e. The lowest BCUT2D eigenvalue weighted by Crippen LogP contribution is -2.31. The Balaban J connectivity index is 1.44. The fourth-order valence-electron chi connectivity index (χ4n) is 3.46. The Bertz CT molecular complexity index is 1060. The van der Waals surface area contributed by atoms with Crippen LogP contribution in [0.15, 0.2) is 46.8 Å². The number of H-pyrrole nitrogens is 1. The number of carbonyl (C=O) groups is 1. The number of aromatic amines is 1. The Labute approximate surface area is 162 Å². The molecule has 142 valence electrons. The molecule has 1 aliphatic rings. The van der Waals surface area contributed by atoms with Crippen LogP contribution in [0.4, 0.5) is 0 Å². The fraction of sp³-hybridized carbons (Fsp3) is 0.316. The highest BCUT2D eigenvalue weighted by Crippen LogP contribution is 2.27. The van der Waals surface area contributed by atoms with Crippen molar-refractivity contribution < 1.29 is 13.2 Å². The van der Waals surface area contributed by atoms with Crippen LogP contribution >= 0.6 is 11.3 Å². The Morgan fingerprint density at radius 1 is 1.19 bits per heavy atom. The molecule has 2 aromatic heterocycles. The third kappa shape index (κ3) is 3.52. The average molecular weight is 404 g/mol. The number of carbonyl (C=O) groups excluding carboxylic acids is 1. The number of aromatic nitrogens is 1. The molecule has 0 radical (unpaired) electrons. The van der Waals surface area contributed by atoms with Gasteiger partial charge in [0.05, 0.1) is 0 Å². The molecule has 8 heteroatoms. The van der Waals surface area contributed by atoms with Crippen molar-refractivity contribution in [3.05, 3.63) is 52.3 Å². The first-order valence-corrected chi connectivity index (χ1v) is 11.3. The predicted octanol–water partition coefficient (Wildman–Crippen LogP) is 2.99. The summed E-state index contributed by atoms with van der Waals surface area (Å²) in [6.07, 6.45) is 4.37. The number of hydrogen-bond donors (Lipinski definition) is 2. The van der Waals surface area contributed by atoms with Crippen LogP contribution in [0.25, 0.3) is 10.9 Å². The minimum Gasteiger partial charge on any atom is -0.361 e. The maximum atomic E-state index is 12.8. The smallest absolute Gasteiger partial charge is 0.262 e. The second-order valence-corrected chi connectivity index (χ2v) is 9.41. The Morgan fingerprint density at radius 3 is 2.78 bits per heavy atom. The van der Waals surface area contributed by atoms with Crippen LogP contribution in [-0.2, 0) is 16.4 Å². The molecule has 0 aliphatic carbocycles. The summed E-state index contributed by atoms with van der Waals surface area (Å²) >= 11 is 1.17. The highest BCUT2D eigenvalue weighted by Gasteiger charge is 2.31. The number of rotatable bonds is 6. The van der Waals surface area contributed by atoms with Gasteiger partial charge < -0.3 is 10.3 Å². The molecule has 1 aliphatic heterocycles. The molecule has 1 aromatic carbocycles. The molecule has 3 aromatic rings. The van der Waals surface area contributed by atoms with E-state index in [9.17, 15) is 13.2 Å². The van der Waals surface area contributed by atoms with E-state index in [1.165, 1.54) is 21.7 Å². The van der Waals surface area contributed by atoms with Crippen LogP contribution in [0.5, 0.6) is 0 Å². The Kier molecular flexibility index (Phi) is 5.03. The number of fused-ring (bicyclic) bond motifs is 1. The number of para-hydroxylation sites is 1. The van der Waals surface area contributed by atoms with Crippen molar-refractivity contribution in [1.82, 2.24) is 14.6 Å². The highest BCUT2D eigenvalue weighted by atomic mass is 32.2. The van der Waals surface area contributed by atoms with E-state index in [2.05, 4.69) is 10.3 Å². The lowest BCUT2D eigenvalue weighted by molar-refractivity contribution is 0.0955. The third-order valence-electron chi connectivity index (χ3n) is 4.87. The molecule has 1 amide bonds. The van der Waals surface area contributed by atoms with Crippen LogP contribution in [0.1, 0.15) is 28.1 Å². The first-order valence-electron chi connectivity index (χ1n) is 8.98. The second-order valence-electron chi connectivity index (χ2n) is 6.59. The van der Waals surface area contributed by atoms with Gasteiger partial charge in [-0.3, -0.25) is 4.79 Å². The molecule has 0 bridgehead atoms. The summed E-state index contributed by atoms with van der Waals surface area (Å²) in [5.41, 5.74) is 2.19. The summed E-state index contributed by atoms with van der Waals surface area (Å²) < 4.78 is 27.0. The molecule has 4 rings (SSSR count). The maximum absolute atomic E-state index is 12.8. The van der Waals surface area contributed by atoms with E-state index in [1.807, 2.05) is 30.5 Å². The van der Waals surface area contributed by atoms with Crippen LogP contribution in [0, 0.1) is 0 Å².